The third kappa shape index (κ3) is 8.99. The highest BCUT2D eigenvalue weighted by molar-refractivity contribution is 5.95. The molecule has 0 unspecified atom stereocenters. The van der Waals surface area contributed by atoms with Crippen LogP contribution in [-0.2, 0) is 20.9 Å². The summed E-state index contributed by atoms with van der Waals surface area (Å²) in [5.41, 5.74) is 4.76. The van der Waals surface area contributed by atoms with Crippen molar-refractivity contribution in [2.24, 2.45) is 5.10 Å². The molecule has 3 aromatic rings. The molecular weight excluding hydrogens is 626 g/mol. The molecule has 0 saturated heterocycles. The van der Waals surface area contributed by atoms with Crippen molar-refractivity contribution in [1.82, 2.24) is 16.1 Å². The molecule has 0 fully saturated rings. The number of esters is 1. The molecule has 0 bridgehead atoms. The normalized spacial score (nSPS) is 14.1. The molecular formula is C33H35N5O10. The van der Waals surface area contributed by atoms with Crippen molar-refractivity contribution in [1.29, 1.82) is 0 Å². The van der Waals surface area contributed by atoms with Crippen LogP contribution in [0.1, 0.15) is 43.5 Å². The van der Waals surface area contributed by atoms with Crippen molar-refractivity contribution in [2.75, 3.05) is 26.9 Å². The zero-order valence-electron chi connectivity index (χ0n) is 26.7. The van der Waals surface area contributed by atoms with Gasteiger partial charge in [0.2, 0.25) is 0 Å². The first kappa shape index (κ1) is 34.7. The smallest absolute Gasteiger partial charge is 0.338 e. The molecule has 1 aliphatic rings. The maximum Gasteiger partial charge on any atom is 0.338 e. The average molecular weight is 662 g/mol. The number of urea groups is 1. The molecule has 1 heterocycles. The molecule has 0 saturated carbocycles. The first-order chi connectivity index (χ1) is 23.1. The fraction of sp³-hybridized carbons (Fsp3) is 0.273. The SMILES string of the molecule is CCOC(=O)C1=C(C)NC(=O)N[C@H]1c1ccc(OCC(=O)N/N=C\c2ccc(OCc3cccc([N+](=O)[O-])c3)c(OCC)c2)c(OC)c1. The van der Waals surface area contributed by atoms with Crippen LogP contribution in [0.2, 0.25) is 0 Å². The maximum absolute atomic E-state index is 12.6. The van der Waals surface area contributed by atoms with Gasteiger partial charge in [-0.05, 0) is 67.8 Å². The Kier molecular flexibility index (Phi) is 11.9. The number of non-ortho nitro benzene ring substituents is 1. The Morgan fingerprint density at radius 1 is 0.979 bits per heavy atom. The molecule has 3 aromatic carbocycles. The van der Waals surface area contributed by atoms with Gasteiger partial charge in [-0.3, -0.25) is 14.9 Å². The Bertz CT molecular complexity index is 1740. The second-order valence-corrected chi connectivity index (χ2v) is 10.1. The van der Waals surface area contributed by atoms with Crippen LogP contribution in [-0.4, -0.2) is 56.0 Å². The summed E-state index contributed by atoms with van der Waals surface area (Å²) in [6, 6.07) is 14.8. The Morgan fingerprint density at radius 2 is 1.75 bits per heavy atom. The molecule has 4 rings (SSSR count). The summed E-state index contributed by atoms with van der Waals surface area (Å²) in [5, 5.41) is 20.3. The van der Waals surface area contributed by atoms with Gasteiger partial charge in [0, 0.05) is 17.8 Å². The van der Waals surface area contributed by atoms with Gasteiger partial charge in [-0.2, -0.15) is 5.10 Å². The lowest BCUT2D eigenvalue weighted by Gasteiger charge is -2.28. The minimum Gasteiger partial charge on any atom is -0.493 e. The van der Waals surface area contributed by atoms with Crippen LogP contribution in [0.4, 0.5) is 10.5 Å². The Hall–Kier alpha value is -6.12. The van der Waals surface area contributed by atoms with Crippen molar-refractivity contribution in [3.8, 4) is 23.0 Å². The molecule has 3 N–H and O–H groups in total. The van der Waals surface area contributed by atoms with E-state index in [2.05, 4.69) is 21.2 Å². The van der Waals surface area contributed by atoms with Gasteiger partial charge in [-0.15, -0.1) is 0 Å². The van der Waals surface area contributed by atoms with Crippen LogP contribution in [0.3, 0.4) is 0 Å². The lowest BCUT2D eigenvalue weighted by molar-refractivity contribution is -0.384. The number of rotatable bonds is 15. The summed E-state index contributed by atoms with van der Waals surface area (Å²) in [7, 11) is 1.42. The number of nitro benzene ring substituents is 1. The number of hydrazone groups is 1. The Labute approximate surface area is 276 Å². The monoisotopic (exact) mass is 661 g/mol. The predicted octanol–water partition coefficient (Wildman–Crippen LogP) is 4.30. The number of carbonyl (C=O) groups is 3. The van der Waals surface area contributed by atoms with E-state index < -0.39 is 35.5 Å². The summed E-state index contributed by atoms with van der Waals surface area (Å²) < 4.78 is 27.8. The number of nitrogens with zero attached hydrogens (tertiary/aromatic N) is 2. The van der Waals surface area contributed by atoms with Crippen molar-refractivity contribution >= 4 is 29.8 Å². The first-order valence-corrected chi connectivity index (χ1v) is 14.8. The van der Waals surface area contributed by atoms with Crippen LogP contribution in [0.25, 0.3) is 0 Å². The zero-order valence-corrected chi connectivity index (χ0v) is 26.7. The number of methoxy groups -OCH3 is 1. The van der Waals surface area contributed by atoms with E-state index in [0.717, 1.165) is 0 Å². The maximum atomic E-state index is 12.6. The van der Waals surface area contributed by atoms with Crippen LogP contribution < -0.4 is 35.0 Å². The van der Waals surface area contributed by atoms with E-state index in [-0.39, 0.29) is 36.0 Å². The molecule has 15 heteroatoms. The van der Waals surface area contributed by atoms with Crippen molar-refractivity contribution in [3.05, 3.63) is 98.7 Å². The Balaban J connectivity index is 1.36. The molecule has 0 aromatic heterocycles. The minimum absolute atomic E-state index is 0.0280. The van der Waals surface area contributed by atoms with E-state index in [1.807, 2.05) is 6.92 Å². The number of allylic oxidation sites excluding steroid dienone is 1. The summed E-state index contributed by atoms with van der Waals surface area (Å²) in [6.07, 6.45) is 1.42. The number of ether oxygens (including phenoxy) is 5. The molecule has 0 aliphatic carbocycles. The van der Waals surface area contributed by atoms with Gasteiger partial charge in [0.25, 0.3) is 11.6 Å². The highest BCUT2D eigenvalue weighted by atomic mass is 16.6. The van der Waals surface area contributed by atoms with Crippen molar-refractivity contribution in [2.45, 2.75) is 33.4 Å². The molecule has 1 aliphatic heterocycles. The van der Waals surface area contributed by atoms with Gasteiger partial charge in [-0.25, -0.2) is 15.0 Å². The molecule has 48 heavy (non-hydrogen) atoms. The van der Waals surface area contributed by atoms with Gasteiger partial charge in [-0.1, -0.05) is 18.2 Å². The van der Waals surface area contributed by atoms with Crippen molar-refractivity contribution < 1.29 is 43.0 Å². The third-order valence-corrected chi connectivity index (χ3v) is 6.83. The van der Waals surface area contributed by atoms with Gasteiger partial charge in [0.15, 0.2) is 29.6 Å². The van der Waals surface area contributed by atoms with Crippen LogP contribution in [0.5, 0.6) is 23.0 Å². The lowest BCUT2D eigenvalue weighted by Crippen LogP contribution is -2.45. The zero-order chi connectivity index (χ0) is 34.6. The van der Waals surface area contributed by atoms with Gasteiger partial charge in [0.05, 0.1) is 43.1 Å². The van der Waals surface area contributed by atoms with E-state index in [4.69, 9.17) is 23.7 Å². The van der Waals surface area contributed by atoms with Gasteiger partial charge >= 0.3 is 12.0 Å². The number of amides is 3. The largest absolute Gasteiger partial charge is 0.493 e. The predicted molar refractivity (Wildman–Crippen MR) is 173 cm³/mol. The van der Waals surface area contributed by atoms with E-state index in [9.17, 15) is 24.5 Å². The molecule has 0 radical (unpaired) electrons. The number of hydrogen-bond donors (Lipinski definition) is 3. The van der Waals surface area contributed by atoms with Crippen LogP contribution in [0.15, 0.2) is 77.0 Å². The molecule has 252 valence electrons. The fourth-order valence-corrected chi connectivity index (χ4v) is 4.67. The van der Waals surface area contributed by atoms with Crippen molar-refractivity contribution in [3.63, 3.8) is 0 Å². The second kappa shape index (κ2) is 16.4. The second-order valence-electron chi connectivity index (χ2n) is 10.1. The van der Waals surface area contributed by atoms with Crippen LogP contribution >= 0.6 is 0 Å². The molecule has 1 atom stereocenters. The molecule has 3 amide bonds. The van der Waals surface area contributed by atoms with Crippen LogP contribution in [0, 0.1) is 10.1 Å². The molecule has 0 spiro atoms. The fourth-order valence-electron chi connectivity index (χ4n) is 4.67. The van der Waals surface area contributed by atoms with E-state index in [1.54, 1.807) is 62.4 Å². The van der Waals surface area contributed by atoms with E-state index >= 15 is 0 Å². The standard InChI is InChI=1S/C33H35N5O10/c1-5-45-28-15-21(10-12-26(28)47-18-22-8-7-9-24(14-22)38(42)43)17-34-37-29(39)19-48-25-13-11-23(16-27(25)44-4)31-30(32(40)46-6-2)20(3)35-33(41)36-31/h7-17,31H,5-6,18-19H2,1-4H3,(H,37,39)(H2,35,36,41)/b34-17-/t31-/m0/s1. The van der Waals surface area contributed by atoms with E-state index in [1.165, 1.54) is 25.5 Å². The summed E-state index contributed by atoms with van der Waals surface area (Å²) >= 11 is 0. The summed E-state index contributed by atoms with van der Waals surface area (Å²) in [6.45, 7) is 5.35. The highest BCUT2D eigenvalue weighted by Gasteiger charge is 2.32. The third-order valence-electron chi connectivity index (χ3n) is 6.83. The summed E-state index contributed by atoms with van der Waals surface area (Å²) in [5.74, 6) is 0.272. The number of nitro groups is 1. The number of benzene rings is 3. The topological polar surface area (TPSA) is 189 Å². The number of carbonyl (C=O) groups excluding carboxylic acids is 3. The number of nitrogens with one attached hydrogen (secondary N) is 3. The van der Waals surface area contributed by atoms with E-state index in [0.29, 0.717) is 40.5 Å². The van der Waals surface area contributed by atoms with Gasteiger partial charge < -0.3 is 34.3 Å². The summed E-state index contributed by atoms with van der Waals surface area (Å²) in [4.78, 5) is 47.9. The molecule has 15 nitrogen and oxygen atoms in total. The highest BCUT2D eigenvalue weighted by Crippen LogP contribution is 2.35. The Morgan fingerprint density at radius 3 is 2.48 bits per heavy atom. The average Bonchev–Trinajstić information content (AvgIpc) is 3.06. The lowest BCUT2D eigenvalue weighted by atomic mass is 9.95. The van der Waals surface area contributed by atoms with Gasteiger partial charge in [0.1, 0.15) is 6.61 Å². The number of hydrogen-bond acceptors (Lipinski definition) is 11. The minimum atomic E-state index is -0.796. The quantitative estimate of drug-likeness (QED) is 0.0917. The first-order valence-electron chi connectivity index (χ1n) is 14.8.